The summed E-state index contributed by atoms with van der Waals surface area (Å²) in [6, 6.07) is 5.89. The van der Waals surface area contributed by atoms with E-state index < -0.39 is 0 Å². The molecular weight excluding hydrogens is 240 g/mol. The lowest BCUT2D eigenvalue weighted by Gasteiger charge is -2.23. The molecule has 1 unspecified atom stereocenters. The molecule has 0 bridgehead atoms. The Kier molecular flexibility index (Phi) is 4.97. The van der Waals surface area contributed by atoms with Gasteiger partial charge in [0.05, 0.1) is 18.3 Å². The number of methoxy groups -OCH3 is 1. The summed E-state index contributed by atoms with van der Waals surface area (Å²) in [5.74, 6) is -0.204. The van der Waals surface area contributed by atoms with Crippen molar-refractivity contribution in [2.75, 3.05) is 13.7 Å². The molecule has 3 heteroatoms. The smallest absolute Gasteiger partial charge is 0.338 e. The SMILES string of the molecule is CCCCOC(=O)c1ccc2c(c1)CCC(OC)C2. The molecule has 1 aromatic carbocycles. The molecule has 0 aliphatic heterocycles. The van der Waals surface area contributed by atoms with Crippen molar-refractivity contribution in [3.05, 3.63) is 34.9 Å². The molecule has 19 heavy (non-hydrogen) atoms. The van der Waals surface area contributed by atoms with Gasteiger partial charge in [-0.2, -0.15) is 0 Å². The zero-order valence-corrected chi connectivity index (χ0v) is 11.8. The summed E-state index contributed by atoms with van der Waals surface area (Å²) in [6.07, 6.45) is 5.22. The van der Waals surface area contributed by atoms with Crippen molar-refractivity contribution in [3.63, 3.8) is 0 Å². The summed E-state index contributed by atoms with van der Waals surface area (Å²) in [4.78, 5) is 11.9. The minimum atomic E-state index is -0.204. The zero-order chi connectivity index (χ0) is 13.7. The van der Waals surface area contributed by atoms with Gasteiger partial charge in [0.25, 0.3) is 0 Å². The molecule has 1 atom stereocenters. The summed E-state index contributed by atoms with van der Waals surface area (Å²) in [5.41, 5.74) is 3.23. The number of carbonyl (C=O) groups excluding carboxylic acids is 1. The van der Waals surface area contributed by atoms with Crippen molar-refractivity contribution in [1.82, 2.24) is 0 Å². The number of esters is 1. The maximum absolute atomic E-state index is 11.9. The fourth-order valence-corrected chi connectivity index (χ4v) is 2.44. The maximum atomic E-state index is 11.9. The number of fused-ring (bicyclic) bond motifs is 1. The van der Waals surface area contributed by atoms with Crippen LogP contribution >= 0.6 is 0 Å². The van der Waals surface area contributed by atoms with E-state index >= 15 is 0 Å². The van der Waals surface area contributed by atoms with E-state index in [9.17, 15) is 4.79 Å². The van der Waals surface area contributed by atoms with E-state index in [-0.39, 0.29) is 5.97 Å². The lowest BCUT2D eigenvalue weighted by Crippen LogP contribution is -2.21. The molecule has 0 heterocycles. The molecule has 1 aliphatic rings. The molecule has 3 nitrogen and oxygen atoms in total. The fourth-order valence-electron chi connectivity index (χ4n) is 2.44. The first-order chi connectivity index (χ1) is 9.24. The molecule has 0 N–H and O–H groups in total. The van der Waals surface area contributed by atoms with Crippen LogP contribution in [0.3, 0.4) is 0 Å². The average Bonchev–Trinajstić information content (AvgIpc) is 2.46. The van der Waals surface area contributed by atoms with Gasteiger partial charge in [-0.3, -0.25) is 0 Å². The molecule has 0 radical (unpaired) electrons. The third-order valence-electron chi connectivity index (χ3n) is 3.69. The predicted octanol–water partition coefficient (Wildman–Crippen LogP) is 3.15. The average molecular weight is 262 g/mol. The van der Waals surface area contributed by atoms with Crippen LogP contribution in [0.15, 0.2) is 18.2 Å². The number of benzene rings is 1. The minimum absolute atomic E-state index is 0.204. The molecular formula is C16H22O3. The number of unbranched alkanes of at least 4 members (excludes halogenated alkanes) is 1. The van der Waals surface area contributed by atoms with Crippen LogP contribution in [0.5, 0.6) is 0 Å². The summed E-state index contributed by atoms with van der Waals surface area (Å²) in [6.45, 7) is 2.59. The molecule has 0 aromatic heterocycles. The highest BCUT2D eigenvalue weighted by molar-refractivity contribution is 5.89. The molecule has 1 aliphatic carbocycles. The first kappa shape index (κ1) is 14.1. The highest BCUT2D eigenvalue weighted by Crippen LogP contribution is 2.24. The van der Waals surface area contributed by atoms with Crippen molar-refractivity contribution < 1.29 is 14.3 Å². The second kappa shape index (κ2) is 6.71. The van der Waals surface area contributed by atoms with E-state index in [1.54, 1.807) is 7.11 Å². The van der Waals surface area contributed by atoms with Gasteiger partial charge in [0, 0.05) is 7.11 Å². The molecule has 0 saturated heterocycles. The van der Waals surface area contributed by atoms with Gasteiger partial charge in [0.2, 0.25) is 0 Å². The molecule has 0 saturated carbocycles. The number of hydrogen-bond donors (Lipinski definition) is 0. The summed E-state index contributed by atoms with van der Waals surface area (Å²) < 4.78 is 10.6. The van der Waals surface area contributed by atoms with Gasteiger partial charge >= 0.3 is 5.97 Å². The van der Waals surface area contributed by atoms with E-state index in [1.807, 2.05) is 18.2 Å². The Bertz CT molecular complexity index is 440. The molecule has 0 spiro atoms. The van der Waals surface area contributed by atoms with Gasteiger partial charge in [-0.25, -0.2) is 4.79 Å². The molecule has 1 aromatic rings. The van der Waals surface area contributed by atoms with Crippen LogP contribution in [0, 0.1) is 0 Å². The van der Waals surface area contributed by atoms with Crippen molar-refractivity contribution in [1.29, 1.82) is 0 Å². The quantitative estimate of drug-likeness (QED) is 0.604. The lowest BCUT2D eigenvalue weighted by atomic mass is 9.88. The van der Waals surface area contributed by atoms with Crippen LogP contribution in [0.4, 0.5) is 0 Å². The first-order valence-corrected chi connectivity index (χ1v) is 7.06. The zero-order valence-electron chi connectivity index (χ0n) is 11.8. The van der Waals surface area contributed by atoms with E-state index in [2.05, 4.69) is 6.92 Å². The number of aryl methyl sites for hydroxylation is 1. The van der Waals surface area contributed by atoms with Crippen molar-refractivity contribution in [3.8, 4) is 0 Å². The number of ether oxygens (including phenoxy) is 2. The van der Waals surface area contributed by atoms with Gasteiger partial charge in [-0.05, 0) is 48.9 Å². The van der Waals surface area contributed by atoms with Crippen LogP contribution in [0.25, 0.3) is 0 Å². The number of rotatable bonds is 5. The van der Waals surface area contributed by atoms with E-state index in [0.717, 1.165) is 32.1 Å². The lowest BCUT2D eigenvalue weighted by molar-refractivity contribution is 0.0499. The fraction of sp³-hybridized carbons (Fsp3) is 0.562. The van der Waals surface area contributed by atoms with E-state index in [4.69, 9.17) is 9.47 Å². The standard InChI is InChI=1S/C16H22O3/c1-3-4-9-19-16(17)14-6-5-13-11-15(18-2)8-7-12(13)10-14/h5-6,10,15H,3-4,7-9,11H2,1-2H3. The van der Waals surface area contributed by atoms with E-state index in [1.165, 1.54) is 11.1 Å². The van der Waals surface area contributed by atoms with Crippen LogP contribution < -0.4 is 0 Å². The molecule has 0 fully saturated rings. The second-order valence-electron chi connectivity index (χ2n) is 5.07. The van der Waals surface area contributed by atoms with Gasteiger partial charge in [-0.1, -0.05) is 19.4 Å². The third-order valence-corrected chi connectivity index (χ3v) is 3.69. The van der Waals surface area contributed by atoms with Crippen molar-refractivity contribution in [2.45, 2.75) is 45.1 Å². The van der Waals surface area contributed by atoms with Crippen LogP contribution in [0.1, 0.15) is 47.7 Å². The molecule has 104 valence electrons. The van der Waals surface area contributed by atoms with Crippen LogP contribution in [-0.2, 0) is 22.3 Å². The van der Waals surface area contributed by atoms with Gasteiger partial charge in [-0.15, -0.1) is 0 Å². The maximum Gasteiger partial charge on any atom is 0.338 e. The van der Waals surface area contributed by atoms with Gasteiger partial charge < -0.3 is 9.47 Å². The second-order valence-corrected chi connectivity index (χ2v) is 5.07. The van der Waals surface area contributed by atoms with Crippen LogP contribution in [0.2, 0.25) is 0 Å². The van der Waals surface area contributed by atoms with Gasteiger partial charge in [0.1, 0.15) is 0 Å². The summed E-state index contributed by atoms with van der Waals surface area (Å²) in [7, 11) is 1.76. The Balaban J connectivity index is 2.03. The Morgan fingerprint density at radius 2 is 2.21 bits per heavy atom. The van der Waals surface area contributed by atoms with Crippen molar-refractivity contribution in [2.24, 2.45) is 0 Å². The topological polar surface area (TPSA) is 35.5 Å². The Hall–Kier alpha value is -1.35. The number of carbonyl (C=O) groups is 1. The first-order valence-electron chi connectivity index (χ1n) is 7.06. The summed E-state index contributed by atoms with van der Waals surface area (Å²) >= 11 is 0. The Labute approximate surface area is 114 Å². The molecule has 2 rings (SSSR count). The van der Waals surface area contributed by atoms with Gasteiger partial charge in [0.15, 0.2) is 0 Å². The highest BCUT2D eigenvalue weighted by atomic mass is 16.5. The third kappa shape index (κ3) is 3.57. The summed E-state index contributed by atoms with van der Waals surface area (Å²) in [5, 5.41) is 0. The molecule has 0 amide bonds. The van der Waals surface area contributed by atoms with E-state index in [0.29, 0.717) is 18.3 Å². The largest absolute Gasteiger partial charge is 0.462 e. The Morgan fingerprint density at radius 3 is 2.95 bits per heavy atom. The normalized spacial score (nSPS) is 17.9. The highest BCUT2D eigenvalue weighted by Gasteiger charge is 2.19. The predicted molar refractivity (Wildman–Crippen MR) is 74.5 cm³/mol. The number of hydrogen-bond acceptors (Lipinski definition) is 3. The Morgan fingerprint density at radius 1 is 1.37 bits per heavy atom. The van der Waals surface area contributed by atoms with Crippen molar-refractivity contribution >= 4 is 5.97 Å². The van der Waals surface area contributed by atoms with Crippen LogP contribution in [-0.4, -0.2) is 25.8 Å². The minimum Gasteiger partial charge on any atom is -0.462 e. The monoisotopic (exact) mass is 262 g/mol.